The fourth-order valence-electron chi connectivity index (χ4n) is 1.89. The Labute approximate surface area is 114 Å². The first-order valence-corrected chi connectivity index (χ1v) is 6.65. The smallest absolute Gasteiger partial charge is 0.337 e. The zero-order valence-corrected chi connectivity index (χ0v) is 11.8. The number of aromatic carboxylic acids is 1. The summed E-state index contributed by atoms with van der Waals surface area (Å²) in [6.45, 7) is 6.48. The van der Waals surface area contributed by atoms with Crippen LogP contribution in [0.2, 0.25) is 0 Å². The maximum absolute atomic E-state index is 11.0. The van der Waals surface area contributed by atoms with Crippen LogP contribution in [0.5, 0.6) is 0 Å². The molecule has 5 heteroatoms. The number of aromatic nitrogens is 1. The van der Waals surface area contributed by atoms with E-state index >= 15 is 0 Å². The molecule has 0 bridgehead atoms. The van der Waals surface area contributed by atoms with E-state index in [0.717, 1.165) is 12.8 Å². The molecule has 1 heterocycles. The lowest BCUT2D eigenvalue weighted by atomic mass is 10.0. The molecule has 1 aromatic rings. The molecule has 0 spiro atoms. The second-order valence-corrected chi connectivity index (χ2v) is 5.33. The molecule has 0 amide bonds. The molecule has 4 N–H and O–H groups in total. The first kappa shape index (κ1) is 15.3. The molecule has 0 saturated carbocycles. The Morgan fingerprint density at radius 2 is 2.11 bits per heavy atom. The number of nitrogen functional groups attached to an aromatic ring is 1. The summed E-state index contributed by atoms with van der Waals surface area (Å²) < 4.78 is 0. The first-order chi connectivity index (χ1) is 8.90. The molecule has 1 rings (SSSR count). The van der Waals surface area contributed by atoms with E-state index in [1.165, 1.54) is 18.7 Å². The van der Waals surface area contributed by atoms with Gasteiger partial charge in [0.2, 0.25) is 0 Å². The van der Waals surface area contributed by atoms with Crippen molar-refractivity contribution in [1.29, 1.82) is 0 Å². The molecule has 0 aromatic carbocycles. The van der Waals surface area contributed by atoms with E-state index < -0.39 is 5.97 Å². The Kier molecular flexibility index (Phi) is 5.60. The first-order valence-electron chi connectivity index (χ1n) is 6.65. The summed E-state index contributed by atoms with van der Waals surface area (Å²) in [7, 11) is 0. The summed E-state index contributed by atoms with van der Waals surface area (Å²) in [5.74, 6) is 0.236. The van der Waals surface area contributed by atoms with Crippen molar-refractivity contribution in [1.82, 2.24) is 4.98 Å². The number of nitrogens with one attached hydrogen (secondary N) is 1. The average Bonchev–Trinajstić information content (AvgIpc) is 2.30. The largest absolute Gasteiger partial charge is 0.478 e. The summed E-state index contributed by atoms with van der Waals surface area (Å²) >= 11 is 0. The second-order valence-electron chi connectivity index (χ2n) is 5.33. The lowest BCUT2D eigenvalue weighted by Crippen LogP contribution is -2.17. The highest BCUT2D eigenvalue weighted by Gasteiger charge is 2.11. The molecule has 0 aliphatic heterocycles. The topological polar surface area (TPSA) is 88.2 Å². The van der Waals surface area contributed by atoms with Crippen molar-refractivity contribution in [3.8, 4) is 0 Å². The number of pyridine rings is 1. The SMILES string of the molecule is CC(C)CCCC(C)Nc1cc(C(=O)O)c(N)cn1. The van der Waals surface area contributed by atoms with Crippen LogP contribution < -0.4 is 11.1 Å². The van der Waals surface area contributed by atoms with E-state index in [1.54, 1.807) is 0 Å². The minimum absolute atomic E-state index is 0.0897. The normalized spacial score (nSPS) is 12.4. The van der Waals surface area contributed by atoms with E-state index in [0.29, 0.717) is 11.7 Å². The quantitative estimate of drug-likeness (QED) is 0.705. The molecule has 5 nitrogen and oxygen atoms in total. The van der Waals surface area contributed by atoms with Crippen molar-refractivity contribution >= 4 is 17.5 Å². The second kappa shape index (κ2) is 6.97. The number of nitrogens with zero attached hydrogens (tertiary/aromatic N) is 1. The Hall–Kier alpha value is -1.78. The number of hydrogen-bond acceptors (Lipinski definition) is 4. The van der Waals surface area contributed by atoms with Crippen molar-refractivity contribution in [3.05, 3.63) is 17.8 Å². The van der Waals surface area contributed by atoms with Crippen molar-refractivity contribution < 1.29 is 9.90 Å². The van der Waals surface area contributed by atoms with Gasteiger partial charge < -0.3 is 16.2 Å². The van der Waals surface area contributed by atoms with Gasteiger partial charge in [0, 0.05) is 6.04 Å². The van der Waals surface area contributed by atoms with Crippen LogP contribution >= 0.6 is 0 Å². The highest BCUT2D eigenvalue weighted by Crippen LogP contribution is 2.17. The molecule has 106 valence electrons. The minimum Gasteiger partial charge on any atom is -0.478 e. The Bertz CT molecular complexity index is 433. The maximum atomic E-state index is 11.0. The summed E-state index contributed by atoms with van der Waals surface area (Å²) in [4.78, 5) is 15.1. The summed E-state index contributed by atoms with van der Waals surface area (Å²) in [6, 6.07) is 1.74. The number of rotatable bonds is 7. The van der Waals surface area contributed by atoms with Crippen molar-refractivity contribution in [2.24, 2.45) is 5.92 Å². The van der Waals surface area contributed by atoms with E-state index in [9.17, 15) is 4.79 Å². The Balaban J connectivity index is 2.57. The number of carboxylic acids is 1. The van der Waals surface area contributed by atoms with Gasteiger partial charge >= 0.3 is 5.97 Å². The van der Waals surface area contributed by atoms with Gasteiger partial charge in [-0.05, 0) is 25.3 Å². The molecular weight excluding hydrogens is 242 g/mol. The Morgan fingerprint density at radius 3 is 2.68 bits per heavy atom. The molecular formula is C14H23N3O2. The minimum atomic E-state index is -1.03. The van der Waals surface area contributed by atoms with Crippen LogP contribution in [-0.4, -0.2) is 22.1 Å². The van der Waals surface area contributed by atoms with Crippen LogP contribution in [-0.2, 0) is 0 Å². The standard InChI is InChI=1S/C14H23N3O2/c1-9(2)5-4-6-10(3)17-13-7-11(14(18)19)12(15)8-16-13/h7-10H,4-6,15H2,1-3H3,(H,16,17)(H,18,19). The molecule has 1 atom stereocenters. The molecule has 1 unspecified atom stereocenters. The van der Waals surface area contributed by atoms with E-state index in [-0.39, 0.29) is 17.3 Å². The molecule has 0 fully saturated rings. The predicted molar refractivity (Wildman–Crippen MR) is 77.4 cm³/mol. The van der Waals surface area contributed by atoms with E-state index in [1.807, 2.05) is 0 Å². The van der Waals surface area contributed by atoms with Gasteiger partial charge in [0.05, 0.1) is 17.4 Å². The molecule has 0 radical (unpaired) electrons. The molecule has 0 aliphatic carbocycles. The molecule has 1 aromatic heterocycles. The van der Waals surface area contributed by atoms with Gasteiger partial charge in [-0.15, -0.1) is 0 Å². The number of anilines is 2. The van der Waals surface area contributed by atoms with Gasteiger partial charge in [0.15, 0.2) is 0 Å². The van der Waals surface area contributed by atoms with Gasteiger partial charge in [-0.3, -0.25) is 0 Å². The van der Waals surface area contributed by atoms with E-state index in [4.69, 9.17) is 10.8 Å². The van der Waals surface area contributed by atoms with Gasteiger partial charge in [-0.1, -0.05) is 26.7 Å². The van der Waals surface area contributed by atoms with Crippen molar-refractivity contribution in [2.45, 2.75) is 46.1 Å². The third kappa shape index (κ3) is 5.16. The lowest BCUT2D eigenvalue weighted by Gasteiger charge is -2.15. The summed E-state index contributed by atoms with van der Waals surface area (Å²) in [6.07, 6.45) is 4.76. The fraction of sp³-hybridized carbons (Fsp3) is 0.571. The fourth-order valence-corrected chi connectivity index (χ4v) is 1.89. The van der Waals surface area contributed by atoms with Crippen LogP contribution in [0.4, 0.5) is 11.5 Å². The third-order valence-electron chi connectivity index (χ3n) is 2.98. The van der Waals surface area contributed by atoms with Crippen LogP contribution in [0.25, 0.3) is 0 Å². The number of carboxylic acid groups (broad SMARTS) is 1. The lowest BCUT2D eigenvalue weighted by molar-refractivity contribution is 0.0698. The van der Waals surface area contributed by atoms with Gasteiger partial charge in [-0.25, -0.2) is 9.78 Å². The van der Waals surface area contributed by atoms with E-state index in [2.05, 4.69) is 31.1 Å². The zero-order valence-electron chi connectivity index (χ0n) is 11.8. The average molecular weight is 265 g/mol. The highest BCUT2D eigenvalue weighted by molar-refractivity contribution is 5.94. The molecule has 0 saturated heterocycles. The highest BCUT2D eigenvalue weighted by atomic mass is 16.4. The molecule has 0 aliphatic rings. The zero-order chi connectivity index (χ0) is 14.4. The predicted octanol–water partition coefficient (Wildman–Crippen LogP) is 2.99. The van der Waals surface area contributed by atoms with Crippen molar-refractivity contribution in [2.75, 3.05) is 11.1 Å². The maximum Gasteiger partial charge on any atom is 0.337 e. The number of nitrogens with two attached hydrogens (primary N) is 1. The van der Waals surface area contributed by atoms with Crippen molar-refractivity contribution in [3.63, 3.8) is 0 Å². The van der Waals surface area contributed by atoms with Crippen LogP contribution in [0.1, 0.15) is 50.4 Å². The van der Waals surface area contributed by atoms with Gasteiger partial charge in [0.1, 0.15) is 5.82 Å². The van der Waals surface area contributed by atoms with Gasteiger partial charge in [-0.2, -0.15) is 0 Å². The molecule has 19 heavy (non-hydrogen) atoms. The third-order valence-corrected chi connectivity index (χ3v) is 2.98. The Morgan fingerprint density at radius 1 is 1.42 bits per heavy atom. The van der Waals surface area contributed by atoms with Crippen LogP contribution in [0.3, 0.4) is 0 Å². The van der Waals surface area contributed by atoms with Gasteiger partial charge in [0.25, 0.3) is 0 Å². The van der Waals surface area contributed by atoms with Crippen LogP contribution in [0.15, 0.2) is 12.3 Å². The summed E-state index contributed by atoms with van der Waals surface area (Å²) in [5.41, 5.74) is 5.84. The monoisotopic (exact) mass is 265 g/mol. The number of hydrogen-bond donors (Lipinski definition) is 3. The van der Waals surface area contributed by atoms with Crippen LogP contribution in [0, 0.1) is 5.92 Å². The summed E-state index contributed by atoms with van der Waals surface area (Å²) in [5, 5.41) is 12.2. The number of carbonyl (C=O) groups is 1.